The Kier molecular flexibility index (Phi) is 4.28. The van der Waals surface area contributed by atoms with Crippen LogP contribution in [-0.2, 0) is 0 Å². The minimum atomic E-state index is 0.435. The third-order valence-electron chi connectivity index (χ3n) is 3.02. The Bertz CT molecular complexity index is 363. The van der Waals surface area contributed by atoms with Gasteiger partial charge in [0.2, 0.25) is 0 Å². The molecule has 1 fully saturated rings. The summed E-state index contributed by atoms with van der Waals surface area (Å²) in [5.74, 6) is 0.776. The van der Waals surface area contributed by atoms with Crippen LogP contribution in [0.2, 0.25) is 5.02 Å². The monoisotopic (exact) mass is 301 g/mol. The normalized spacial score (nSPS) is 17.4. The van der Waals surface area contributed by atoms with Crippen molar-refractivity contribution in [2.75, 3.05) is 6.54 Å². The summed E-state index contributed by atoms with van der Waals surface area (Å²) in [6.45, 7) is 3.25. The zero-order chi connectivity index (χ0) is 11.5. The minimum Gasteiger partial charge on any atom is -0.310 e. The van der Waals surface area contributed by atoms with E-state index in [9.17, 15) is 0 Å². The minimum absolute atomic E-state index is 0.435. The van der Waals surface area contributed by atoms with Crippen LogP contribution in [0.3, 0.4) is 0 Å². The molecule has 1 unspecified atom stereocenters. The van der Waals surface area contributed by atoms with Crippen LogP contribution < -0.4 is 5.32 Å². The van der Waals surface area contributed by atoms with Gasteiger partial charge in [0.05, 0.1) is 5.02 Å². The molecule has 88 valence electrons. The van der Waals surface area contributed by atoms with Gasteiger partial charge in [-0.05, 0) is 59.3 Å². The molecule has 1 aliphatic carbocycles. The fourth-order valence-electron chi connectivity index (χ4n) is 2.02. The molecule has 0 aromatic heterocycles. The van der Waals surface area contributed by atoms with Crippen LogP contribution in [-0.4, -0.2) is 6.54 Å². The topological polar surface area (TPSA) is 12.0 Å². The van der Waals surface area contributed by atoms with Crippen molar-refractivity contribution in [1.29, 1.82) is 0 Å². The summed E-state index contributed by atoms with van der Waals surface area (Å²) in [6, 6.07) is 6.63. The van der Waals surface area contributed by atoms with Crippen molar-refractivity contribution in [3.63, 3.8) is 0 Å². The highest BCUT2D eigenvalue weighted by molar-refractivity contribution is 9.10. The summed E-state index contributed by atoms with van der Waals surface area (Å²) in [4.78, 5) is 0. The quantitative estimate of drug-likeness (QED) is 0.841. The number of halogens is 2. The predicted octanol–water partition coefficient (Wildman–Crippen LogP) is 4.55. The van der Waals surface area contributed by atoms with Gasteiger partial charge in [-0.2, -0.15) is 0 Å². The second kappa shape index (κ2) is 5.52. The first-order valence-corrected chi connectivity index (χ1v) is 7.08. The Morgan fingerprint density at radius 3 is 2.88 bits per heavy atom. The molecule has 1 aromatic carbocycles. The highest BCUT2D eigenvalue weighted by Crippen LogP contribution is 2.44. The molecule has 16 heavy (non-hydrogen) atoms. The van der Waals surface area contributed by atoms with Gasteiger partial charge in [0.1, 0.15) is 0 Å². The molecule has 0 amide bonds. The van der Waals surface area contributed by atoms with E-state index in [1.807, 2.05) is 6.07 Å². The third-order valence-corrected chi connectivity index (χ3v) is 4.34. The molecule has 0 radical (unpaired) electrons. The molecule has 2 rings (SSSR count). The first-order chi connectivity index (χ1) is 7.74. The van der Waals surface area contributed by atoms with Gasteiger partial charge in [-0.15, -0.1) is 0 Å². The molecule has 1 nitrogen and oxygen atoms in total. The van der Waals surface area contributed by atoms with Gasteiger partial charge < -0.3 is 5.32 Å². The molecule has 1 saturated carbocycles. The number of hydrogen-bond acceptors (Lipinski definition) is 1. The third kappa shape index (κ3) is 2.79. The van der Waals surface area contributed by atoms with Crippen molar-refractivity contribution >= 4 is 27.5 Å². The first kappa shape index (κ1) is 12.4. The van der Waals surface area contributed by atoms with Crippen LogP contribution in [0, 0.1) is 5.92 Å². The molecule has 1 N–H and O–H groups in total. The van der Waals surface area contributed by atoms with Gasteiger partial charge in [-0.3, -0.25) is 0 Å². The number of benzene rings is 1. The van der Waals surface area contributed by atoms with E-state index in [2.05, 4.69) is 40.3 Å². The van der Waals surface area contributed by atoms with Gasteiger partial charge in [0, 0.05) is 10.5 Å². The lowest BCUT2D eigenvalue weighted by Crippen LogP contribution is -2.24. The summed E-state index contributed by atoms with van der Waals surface area (Å²) in [5, 5.41) is 4.47. The van der Waals surface area contributed by atoms with E-state index in [1.165, 1.54) is 18.4 Å². The summed E-state index contributed by atoms with van der Waals surface area (Å²) in [5.41, 5.74) is 1.24. The smallest absolute Gasteiger partial charge is 0.0595 e. The highest BCUT2D eigenvalue weighted by atomic mass is 79.9. The van der Waals surface area contributed by atoms with Crippen LogP contribution in [0.5, 0.6) is 0 Å². The molecule has 0 aliphatic heterocycles. The molecule has 0 heterocycles. The average molecular weight is 303 g/mol. The lowest BCUT2D eigenvalue weighted by atomic mass is 10.0. The van der Waals surface area contributed by atoms with Crippen LogP contribution in [0.15, 0.2) is 22.7 Å². The molecule has 0 spiro atoms. The first-order valence-electron chi connectivity index (χ1n) is 5.91. The fraction of sp³-hybridized carbons (Fsp3) is 0.538. The number of hydrogen-bond donors (Lipinski definition) is 1. The maximum atomic E-state index is 6.35. The van der Waals surface area contributed by atoms with Crippen LogP contribution >= 0.6 is 27.5 Å². The SMILES string of the molecule is CCCNC(c1cccc(Br)c1Cl)C1CC1. The molecule has 3 heteroatoms. The lowest BCUT2D eigenvalue weighted by molar-refractivity contribution is 0.481. The maximum Gasteiger partial charge on any atom is 0.0595 e. The molecule has 0 saturated heterocycles. The Labute approximate surface area is 111 Å². The second-order valence-electron chi connectivity index (χ2n) is 4.41. The maximum absolute atomic E-state index is 6.35. The summed E-state index contributed by atoms with van der Waals surface area (Å²) in [7, 11) is 0. The van der Waals surface area contributed by atoms with E-state index in [-0.39, 0.29) is 0 Å². The fourth-order valence-corrected chi connectivity index (χ4v) is 2.65. The van der Waals surface area contributed by atoms with Crippen molar-refractivity contribution in [2.45, 2.75) is 32.2 Å². The van der Waals surface area contributed by atoms with Crippen LogP contribution in [0.4, 0.5) is 0 Å². The Morgan fingerprint density at radius 1 is 1.50 bits per heavy atom. The van der Waals surface area contributed by atoms with Crippen molar-refractivity contribution < 1.29 is 0 Å². The molecular formula is C13H17BrClN. The second-order valence-corrected chi connectivity index (χ2v) is 5.64. The molecule has 1 aromatic rings. The summed E-state index contributed by atoms with van der Waals surface area (Å²) in [6.07, 6.45) is 3.81. The van der Waals surface area contributed by atoms with E-state index in [4.69, 9.17) is 11.6 Å². The number of nitrogens with one attached hydrogen (secondary N) is 1. The molecule has 0 bridgehead atoms. The Balaban J connectivity index is 2.20. The Hall–Kier alpha value is -0.0500. The summed E-state index contributed by atoms with van der Waals surface area (Å²) < 4.78 is 0.996. The van der Waals surface area contributed by atoms with Crippen LogP contribution in [0.1, 0.15) is 37.8 Å². The van der Waals surface area contributed by atoms with Gasteiger partial charge in [-0.1, -0.05) is 30.7 Å². The van der Waals surface area contributed by atoms with E-state index >= 15 is 0 Å². The highest BCUT2D eigenvalue weighted by Gasteiger charge is 2.33. The zero-order valence-electron chi connectivity index (χ0n) is 9.47. The molecule has 1 aliphatic rings. The number of rotatable bonds is 5. The van der Waals surface area contributed by atoms with Crippen molar-refractivity contribution in [2.24, 2.45) is 5.92 Å². The average Bonchev–Trinajstić information content (AvgIpc) is 3.08. The predicted molar refractivity (Wildman–Crippen MR) is 72.9 cm³/mol. The van der Waals surface area contributed by atoms with Gasteiger partial charge in [-0.25, -0.2) is 0 Å². The zero-order valence-corrected chi connectivity index (χ0v) is 11.8. The van der Waals surface area contributed by atoms with E-state index in [0.717, 1.165) is 28.4 Å². The Morgan fingerprint density at radius 2 is 2.25 bits per heavy atom. The van der Waals surface area contributed by atoms with Gasteiger partial charge >= 0.3 is 0 Å². The van der Waals surface area contributed by atoms with Gasteiger partial charge in [0.25, 0.3) is 0 Å². The molecular weight excluding hydrogens is 286 g/mol. The van der Waals surface area contributed by atoms with E-state index in [0.29, 0.717) is 6.04 Å². The van der Waals surface area contributed by atoms with Crippen LogP contribution in [0.25, 0.3) is 0 Å². The van der Waals surface area contributed by atoms with E-state index in [1.54, 1.807) is 0 Å². The summed E-state index contributed by atoms with van der Waals surface area (Å²) >= 11 is 9.84. The molecule has 1 atom stereocenters. The van der Waals surface area contributed by atoms with Gasteiger partial charge in [0.15, 0.2) is 0 Å². The van der Waals surface area contributed by atoms with Crippen molar-refractivity contribution in [3.8, 4) is 0 Å². The van der Waals surface area contributed by atoms with Crippen molar-refractivity contribution in [3.05, 3.63) is 33.3 Å². The lowest BCUT2D eigenvalue weighted by Gasteiger charge is -2.20. The van der Waals surface area contributed by atoms with Crippen molar-refractivity contribution in [1.82, 2.24) is 5.32 Å². The van der Waals surface area contributed by atoms with E-state index < -0.39 is 0 Å². The largest absolute Gasteiger partial charge is 0.310 e. The standard InChI is InChI=1S/C13H17BrClN/c1-2-8-16-13(9-6-7-9)10-4-3-5-11(14)12(10)15/h3-5,9,13,16H,2,6-8H2,1H3.